The lowest BCUT2D eigenvalue weighted by molar-refractivity contribution is -0.537. The van der Waals surface area contributed by atoms with Gasteiger partial charge in [-0.3, -0.25) is 14.5 Å². The first-order valence-corrected chi connectivity index (χ1v) is 8.93. The zero-order valence-electron chi connectivity index (χ0n) is 17.5. The van der Waals surface area contributed by atoms with Crippen LogP contribution in [0.3, 0.4) is 0 Å². The molecule has 0 N–H and O–H groups in total. The van der Waals surface area contributed by atoms with E-state index in [9.17, 15) is 9.59 Å². The van der Waals surface area contributed by atoms with Crippen LogP contribution in [0.4, 0.5) is 0 Å². The molecule has 0 radical (unpaired) electrons. The second kappa shape index (κ2) is 8.17. The fourth-order valence-electron chi connectivity index (χ4n) is 2.10. The van der Waals surface area contributed by atoms with Gasteiger partial charge in [-0.2, -0.15) is 9.78 Å². The first kappa shape index (κ1) is 22.8. The van der Waals surface area contributed by atoms with Crippen LogP contribution in [0.5, 0.6) is 0 Å². The summed E-state index contributed by atoms with van der Waals surface area (Å²) in [4.78, 5) is 47.3. The van der Waals surface area contributed by atoms with Gasteiger partial charge in [-0.05, 0) is 68.7 Å². The molecule has 2 amide bonds. The number of hydrogen-bond acceptors (Lipinski definition) is 6. The van der Waals surface area contributed by atoms with Gasteiger partial charge in [0.15, 0.2) is 0 Å². The van der Waals surface area contributed by atoms with Gasteiger partial charge in [-0.25, -0.2) is 9.78 Å². The lowest BCUT2D eigenvalue weighted by Crippen LogP contribution is -2.40. The fourth-order valence-corrected chi connectivity index (χ4v) is 2.10. The molecule has 0 aromatic rings. The summed E-state index contributed by atoms with van der Waals surface area (Å²) in [7, 11) is 0. The molecule has 1 aliphatic rings. The Balaban J connectivity index is 2.68. The van der Waals surface area contributed by atoms with E-state index in [4.69, 9.17) is 19.6 Å². The first-order chi connectivity index (χ1) is 11.7. The van der Waals surface area contributed by atoms with Crippen molar-refractivity contribution in [2.45, 2.75) is 92.1 Å². The zero-order chi connectivity index (χ0) is 20.3. The van der Waals surface area contributed by atoms with Gasteiger partial charge in [0.05, 0.1) is 11.2 Å². The smallest absolute Gasteiger partial charge is 0.256 e. The van der Waals surface area contributed by atoms with Gasteiger partial charge in [0, 0.05) is 24.1 Å². The van der Waals surface area contributed by atoms with E-state index in [0.717, 1.165) is 0 Å². The Labute approximate surface area is 156 Å². The summed E-state index contributed by atoms with van der Waals surface area (Å²) in [6, 6.07) is 0. The highest BCUT2D eigenvalue weighted by atomic mass is 17.3. The van der Waals surface area contributed by atoms with Crippen molar-refractivity contribution in [3.8, 4) is 0 Å². The van der Waals surface area contributed by atoms with Crippen LogP contribution >= 0.6 is 0 Å². The Hall–Kier alpha value is -1.28. The van der Waals surface area contributed by atoms with Crippen LogP contribution in [0, 0.1) is 0 Å². The fraction of sp³-hybridized carbons (Fsp3) is 0.789. The highest BCUT2D eigenvalue weighted by Crippen LogP contribution is 2.27. The first-order valence-electron chi connectivity index (χ1n) is 8.93. The molecule has 7 heteroatoms. The summed E-state index contributed by atoms with van der Waals surface area (Å²) in [6.07, 6.45) is 0.851. The maximum absolute atomic E-state index is 12.1. The van der Waals surface area contributed by atoms with E-state index in [1.54, 1.807) is 20.8 Å². The van der Waals surface area contributed by atoms with Crippen LogP contribution in [0.2, 0.25) is 0 Å². The van der Waals surface area contributed by atoms with Crippen molar-refractivity contribution in [3.63, 3.8) is 0 Å². The van der Waals surface area contributed by atoms with Crippen molar-refractivity contribution in [1.82, 2.24) is 4.90 Å². The third-order valence-corrected chi connectivity index (χ3v) is 3.64. The van der Waals surface area contributed by atoms with Gasteiger partial charge < -0.3 is 0 Å². The summed E-state index contributed by atoms with van der Waals surface area (Å²) in [5.41, 5.74) is -0.0497. The molecule has 0 unspecified atom stereocenters. The molecule has 0 atom stereocenters. The standard InChI is InChI=1S/C19H33NO6/c1-13-14(2)16(22)20(15(13)21)12-10-11-19(9,25-23-17(3,4)5)26-24-18(6,7)8/h10-12H2,1-9H3. The van der Waals surface area contributed by atoms with Crippen LogP contribution < -0.4 is 0 Å². The number of rotatable bonds is 8. The van der Waals surface area contributed by atoms with Crippen LogP contribution in [-0.2, 0) is 29.1 Å². The molecule has 0 saturated carbocycles. The van der Waals surface area contributed by atoms with E-state index in [-0.39, 0.29) is 18.4 Å². The molecule has 0 fully saturated rings. The van der Waals surface area contributed by atoms with Crippen molar-refractivity contribution in [2.75, 3.05) is 6.54 Å². The maximum atomic E-state index is 12.1. The second-order valence-electron chi connectivity index (χ2n) is 8.81. The van der Waals surface area contributed by atoms with E-state index < -0.39 is 17.0 Å². The minimum Gasteiger partial charge on any atom is -0.275 e. The summed E-state index contributed by atoms with van der Waals surface area (Å²) in [5.74, 6) is -1.66. The number of imide groups is 1. The normalized spacial score (nSPS) is 16.9. The predicted molar refractivity (Wildman–Crippen MR) is 96.6 cm³/mol. The SMILES string of the molecule is CC1=C(C)C(=O)N(CCCC(C)(OOC(C)(C)C)OOC(C)(C)C)C1=O. The number of amides is 2. The van der Waals surface area contributed by atoms with E-state index in [0.29, 0.717) is 24.0 Å². The quantitative estimate of drug-likeness (QED) is 0.280. The Kier molecular flexibility index (Phi) is 7.15. The molecule has 150 valence electrons. The minimum atomic E-state index is -1.18. The highest BCUT2D eigenvalue weighted by molar-refractivity contribution is 6.18. The lowest BCUT2D eigenvalue weighted by atomic mass is 10.1. The van der Waals surface area contributed by atoms with E-state index in [1.807, 2.05) is 41.5 Å². The third-order valence-electron chi connectivity index (χ3n) is 3.64. The van der Waals surface area contributed by atoms with E-state index >= 15 is 0 Å². The number of carbonyl (C=O) groups excluding carboxylic acids is 2. The zero-order valence-corrected chi connectivity index (χ0v) is 17.5. The molecule has 1 heterocycles. The van der Waals surface area contributed by atoms with Gasteiger partial charge in [0.1, 0.15) is 0 Å². The molecule has 0 aromatic heterocycles. The summed E-state index contributed by atoms with van der Waals surface area (Å²) in [5, 5.41) is 0. The lowest BCUT2D eigenvalue weighted by Gasteiger charge is -2.33. The van der Waals surface area contributed by atoms with Crippen LogP contribution in [-0.4, -0.2) is 40.2 Å². The molecule has 1 rings (SSSR count). The molecule has 26 heavy (non-hydrogen) atoms. The number of carbonyl (C=O) groups is 2. The average molecular weight is 371 g/mol. The van der Waals surface area contributed by atoms with Crippen molar-refractivity contribution in [1.29, 1.82) is 0 Å². The van der Waals surface area contributed by atoms with Crippen molar-refractivity contribution in [2.24, 2.45) is 0 Å². The Morgan fingerprint density at radius 2 is 1.12 bits per heavy atom. The van der Waals surface area contributed by atoms with Crippen LogP contribution in [0.15, 0.2) is 11.1 Å². The minimum absolute atomic E-state index is 0.243. The molecule has 0 aromatic carbocycles. The predicted octanol–water partition coefficient (Wildman–Crippen LogP) is 3.68. The number of nitrogens with zero attached hydrogens (tertiary/aromatic N) is 1. The Bertz CT molecular complexity index is 526. The Morgan fingerprint density at radius 3 is 1.46 bits per heavy atom. The second-order valence-corrected chi connectivity index (χ2v) is 8.81. The highest BCUT2D eigenvalue weighted by Gasteiger charge is 2.36. The molecular weight excluding hydrogens is 338 g/mol. The third kappa shape index (κ3) is 6.79. The topological polar surface area (TPSA) is 74.3 Å². The molecular formula is C19H33NO6. The maximum Gasteiger partial charge on any atom is 0.256 e. The molecule has 0 aliphatic carbocycles. The number of hydrogen-bond donors (Lipinski definition) is 0. The summed E-state index contributed by atoms with van der Waals surface area (Å²) in [6.45, 7) is 16.5. The largest absolute Gasteiger partial charge is 0.275 e. The van der Waals surface area contributed by atoms with E-state index in [2.05, 4.69) is 0 Å². The summed E-state index contributed by atoms with van der Waals surface area (Å²) >= 11 is 0. The van der Waals surface area contributed by atoms with Gasteiger partial charge in [-0.15, -0.1) is 0 Å². The van der Waals surface area contributed by atoms with Gasteiger partial charge in [-0.1, -0.05) is 0 Å². The van der Waals surface area contributed by atoms with Gasteiger partial charge in [0.25, 0.3) is 11.8 Å². The van der Waals surface area contributed by atoms with Crippen molar-refractivity contribution < 1.29 is 29.1 Å². The van der Waals surface area contributed by atoms with Crippen LogP contribution in [0.1, 0.15) is 75.2 Å². The molecule has 0 bridgehead atoms. The van der Waals surface area contributed by atoms with Crippen molar-refractivity contribution >= 4 is 11.8 Å². The monoisotopic (exact) mass is 371 g/mol. The average Bonchev–Trinajstić information content (AvgIpc) is 2.68. The van der Waals surface area contributed by atoms with Crippen molar-refractivity contribution in [3.05, 3.63) is 11.1 Å². The van der Waals surface area contributed by atoms with Gasteiger partial charge >= 0.3 is 0 Å². The van der Waals surface area contributed by atoms with E-state index in [1.165, 1.54) is 4.90 Å². The molecule has 1 aliphatic heterocycles. The molecule has 7 nitrogen and oxygen atoms in total. The van der Waals surface area contributed by atoms with Crippen LogP contribution in [0.25, 0.3) is 0 Å². The summed E-state index contributed by atoms with van der Waals surface area (Å²) < 4.78 is 0. The molecule has 0 saturated heterocycles. The Morgan fingerprint density at radius 1 is 0.731 bits per heavy atom. The van der Waals surface area contributed by atoms with Gasteiger partial charge in [0.2, 0.25) is 5.79 Å². The molecule has 0 spiro atoms.